The Bertz CT molecular complexity index is 1080. The molecule has 2 atom stereocenters. The fourth-order valence-electron chi connectivity index (χ4n) is 6.86. The van der Waals surface area contributed by atoms with Crippen molar-refractivity contribution in [3.05, 3.63) is 46.5 Å². The quantitative estimate of drug-likeness (QED) is 0.352. The Morgan fingerprint density at radius 3 is 2.32 bits per heavy atom. The molecule has 37 heavy (non-hydrogen) atoms. The number of benzene rings is 1. The lowest BCUT2D eigenvalue weighted by Crippen LogP contribution is -2.28. The number of aryl methyl sites for hydroxylation is 2. The highest BCUT2D eigenvalue weighted by Crippen LogP contribution is 2.48. The minimum absolute atomic E-state index is 0. The van der Waals surface area contributed by atoms with E-state index in [1.54, 1.807) is 0 Å². The molecular weight excluding hydrogens is 456 g/mol. The van der Waals surface area contributed by atoms with Crippen LogP contribution in [0.3, 0.4) is 0 Å². The highest BCUT2D eigenvalue weighted by molar-refractivity contribution is 5.85. The minimum atomic E-state index is -0.00548. The maximum absolute atomic E-state index is 13.8. The van der Waals surface area contributed by atoms with Crippen molar-refractivity contribution in [3.63, 3.8) is 0 Å². The van der Waals surface area contributed by atoms with Gasteiger partial charge in [0.1, 0.15) is 17.4 Å². The number of aromatic nitrogens is 3. The van der Waals surface area contributed by atoms with Crippen LogP contribution in [0.4, 0.5) is 0 Å². The zero-order chi connectivity index (χ0) is 25.6. The summed E-state index contributed by atoms with van der Waals surface area (Å²) in [5.74, 6) is 5.57. The van der Waals surface area contributed by atoms with Gasteiger partial charge in [-0.3, -0.25) is 4.79 Å². The van der Waals surface area contributed by atoms with Crippen LogP contribution in [0.15, 0.2) is 18.2 Å². The Morgan fingerprint density at radius 2 is 1.70 bits per heavy atom. The summed E-state index contributed by atoms with van der Waals surface area (Å²) in [5, 5.41) is 9.69. The molecule has 2 heterocycles. The second kappa shape index (κ2) is 11.4. The van der Waals surface area contributed by atoms with Crippen LogP contribution in [0.2, 0.25) is 0 Å². The molecule has 5 rings (SSSR count). The van der Waals surface area contributed by atoms with Crippen molar-refractivity contribution in [1.82, 2.24) is 19.7 Å². The van der Waals surface area contributed by atoms with Gasteiger partial charge in [-0.2, -0.15) is 0 Å². The second-order valence-corrected chi connectivity index (χ2v) is 13.1. The zero-order valence-corrected chi connectivity index (χ0v) is 23.3. The lowest BCUT2D eigenvalue weighted by atomic mass is 9.71. The fourth-order valence-corrected chi connectivity index (χ4v) is 6.86. The van der Waals surface area contributed by atoms with Gasteiger partial charge in [-0.15, -0.1) is 10.2 Å². The van der Waals surface area contributed by atoms with Crippen molar-refractivity contribution in [3.8, 4) is 0 Å². The van der Waals surface area contributed by atoms with E-state index in [1.807, 2.05) is 0 Å². The first kappa shape index (κ1) is 28.0. The molecule has 2 aromatic rings. The average molecular weight is 507 g/mol. The molecule has 204 valence electrons. The largest absolute Gasteiger partial charge is 0.311 e. The van der Waals surface area contributed by atoms with Gasteiger partial charge in [0.25, 0.3) is 0 Å². The predicted molar refractivity (Wildman–Crippen MR) is 152 cm³/mol. The summed E-state index contributed by atoms with van der Waals surface area (Å²) in [5.41, 5.74) is 3.64. The molecule has 3 aliphatic rings. The molecule has 5 nitrogen and oxygen atoms in total. The molecule has 1 saturated heterocycles. The Morgan fingerprint density at radius 1 is 1.00 bits per heavy atom. The molecule has 3 fully saturated rings. The average Bonchev–Trinajstić information content (AvgIpc) is 3.38. The minimum Gasteiger partial charge on any atom is -0.311 e. The molecule has 0 N–H and O–H groups in total. The van der Waals surface area contributed by atoms with Gasteiger partial charge in [0.2, 0.25) is 0 Å². The molecule has 0 bridgehead atoms. The van der Waals surface area contributed by atoms with Crippen LogP contribution < -0.4 is 0 Å². The Balaban J connectivity index is 0.00000320. The number of hydrogen-bond acceptors (Lipinski definition) is 4. The van der Waals surface area contributed by atoms with Gasteiger partial charge in [-0.1, -0.05) is 58.9 Å². The lowest BCUT2D eigenvalue weighted by molar-refractivity contribution is -0.122. The van der Waals surface area contributed by atoms with E-state index in [0.717, 1.165) is 37.3 Å². The summed E-state index contributed by atoms with van der Waals surface area (Å²) in [7, 11) is 0. The fraction of sp³-hybridized carbons (Fsp3) is 0.719. The van der Waals surface area contributed by atoms with Gasteiger partial charge in [0.15, 0.2) is 0 Å². The molecule has 0 unspecified atom stereocenters. The molecule has 5 heteroatoms. The molecule has 0 spiro atoms. The van der Waals surface area contributed by atoms with Crippen LogP contribution >= 0.6 is 0 Å². The first-order valence-corrected chi connectivity index (χ1v) is 14.5. The molecule has 1 aliphatic heterocycles. The van der Waals surface area contributed by atoms with Crippen molar-refractivity contribution in [1.29, 1.82) is 0 Å². The summed E-state index contributed by atoms with van der Waals surface area (Å²) in [6, 6.07) is 7.02. The van der Waals surface area contributed by atoms with Crippen LogP contribution in [0, 0.1) is 37.5 Å². The number of hydrogen-bond donors (Lipinski definition) is 0. The summed E-state index contributed by atoms with van der Waals surface area (Å²) in [6.45, 7) is 16.3. The van der Waals surface area contributed by atoms with Gasteiger partial charge >= 0.3 is 0 Å². The highest BCUT2D eigenvalue weighted by atomic mass is 16.1. The summed E-state index contributed by atoms with van der Waals surface area (Å²) in [6.07, 6.45) is 6.80. The standard InChI is InChI=1S/C31H46N4O.CH4/c1-19(2)11-23-13-25(14-23)30-32-33-31(35(30)26-9-10-26)28-18-34(16-20(3)4)17-27(28)29(36)15-24-8-7-21(5)12-22(24)6;/h7-8,12,19-20,23,25-28H,9-11,13-18H2,1-6H3;1H4/t23?,25?,27-,28-;/m0./s1. The molecule has 1 aromatic heterocycles. The smallest absolute Gasteiger partial charge is 0.142 e. The van der Waals surface area contributed by atoms with Crippen LogP contribution in [0.1, 0.15) is 113 Å². The molecule has 0 amide bonds. The van der Waals surface area contributed by atoms with Crippen molar-refractivity contribution in [2.75, 3.05) is 19.6 Å². The summed E-state index contributed by atoms with van der Waals surface area (Å²) >= 11 is 0. The number of carbonyl (C=O) groups excluding carboxylic acids is 1. The Labute approximate surface area is 225 Å². The molecule has 2 aliphatic carbocycles. The third kappa shape index (κ3) is 6.19. The highest BCUT2D eigenvalue weighted by Gasteiger charge is 2.45. The number of likely N-dealkylation sites (tertiary alicyclic amines) is 1. The summed E-state index contributed by atoms with van der Waals surface area (Å²) in [4.78, 5) is 16.3. The Hall–Kier alpha value is -2.01. The predicted octanol–water partition coefficient (Wildman–Crippen LogP) is 6.89. The van der Waals surface area contributed by atoms with E-state index in [4.69, 9.17) is 10.2 Å². The first-order chi connectivity index (χ1) is 17.2. The molecule has 1 aromatic carbocycles. The van der Waals surface area contributed by atoms with E-state index in [1.165, 1.54) is 54.6 Å². The number of nitrogens with zero attached hydrogens (tertiary/aromatic N) is 4. The topological polar surface area (TPSA) is 51.0 Å². The number of rotatable bonds is 10. The number of carbonyl (C=O) groups is 1. The SMILES string of the molecule is C.Cc1ccc(CC(=O)[C@H]2CN(CC(C)C)C[C@@H]2c2nnc(C3CC(CC(C)C)C3)n2C2CC2)c(C)c1. The second-order valence-electron chi connectivity index (χ2n) is 13.1. The monoisotopic (exact) mass is 506 g/mol. The van der Waals surface area contributed by atoms with E-state index >= 15 is 0 Å². The normalized spacial score (nSPS) is 25.9. The molecular formula is C32H50N4O. The lowest BCUT2D eigenvalue weighted by Gasteiger charge is -2.36. The Kier molecular flexibility index (Phi) is 8.62. The van der Waals surface area contributed by atoms with E-state index in [0.29, 0.717) is 30.1 Å². The third-order valence-electron chi connectivity index (χ3n) is 8.69. The third-order valence-corrected chi connectivity index (χ3v) is 8.69. The van der Waals surface area contributed by atoms with Crippen molar-refractivity contribution in [2.45, 2.75) is 105 Å². The van der Waals surface area contributed by atoms with Crippen molar-refractivity contribution >= 4 is 5.78 Å². The summed E-state index contributed by atoms with van der Waals surface area (Å²) < 4.78 is 2.51. The van der Waals surface area contributed by atoms with Crippen LogP contribution in [-0.4, -0.2) is 45.1 Å². The van der Waals surface area contributed by atoms with Crippen molar-refractivity contribution in [2.24, 2.45) is 23.7 Å². The van der Waals surface area contributed by atoms with Crippen molar-refractivity contribution < 1.29 is 4.79 Å². The van der Waals surface area contributed by atoms with Crippen LogP contribution in [0.5, 0.6) is 0 Å². The van der Waals surface area contributed by atoms with E-state index in [9.17, 15) is 4.79 Å². The van der Waals surface area contributed by atoms with E-state index in [-0.39, 0.29) is 19.3 Å². The van der Waals surface area contributed by atoms with Gasteiger partial charge in [0.05, 0.1) is 0 Å². The van der Waals surface area contributed by atoms with Gasteiger partial charge in [-0.05, 0) is 74.8 Å². The maximum atomic E-state index is 13.8. The first-order valence-electron chi connectivity index (χ1n) is 14.5. The van der Waals surface area contributed by atoms with Crippen LogP contribution in [-0.2, 0) is 11.2 Å². The number of Topliss-reactive ketones (excluding diaryl/α,β-unsaturated/α-hetero) is 1. The molecule has 0 radical (unpaired) electrons. The zero-order valence-electron chi connectivity index (χ0n) is 23.3. The number of ketones is 1. The van der Waals surface area contributed by atoms with Gasteiger partial charge in [0, 0.05) is 49.9 Å². The van der Waals surface area contributed by atoms with Gasteiger partial charge < -0.3 is 9.47 Å². The molecule has 2 saturated carbocycles. The van der Waals surface area contributed by atoms with E-state index in [2.05, 4.69) is 69.2 Å². The maximum Gasteiger partial charge on any atom is 0.142 e. The van der Waals surface area contributed by atoms with E-state index < -0.39 is 0 Å². The van der Waals surface area contributed by atoms with Gasteiger partial charge in [-0.25, -0.2) is 0 Å². The van der Waals surface area contributed by atoms with Crippen LogP contribution in [0.25, 0.3) is 0 Å².